The molecule has 4 amide bonds. The van der Waals surface area contributed by atoms with E-state index in [1.807, 2.05) is 37.3 Å². The first kappa shape index (κ1) is 38.8. The Morgan fingerprint density at radius 3 is 2.50 bits per heavy atom. The second-order valence-corrected chi connectivity index (χ2v) is 16.6. The Kier molecular flexibility index (Phi) is 10.6. The number of carbonyl (C=O) groups excluding carboxylic acids is 4. The highest BCUT2D eigenvalue weighted by molar-refractivity contribution is 7.91. The number of rotatable bonds is 12. The monoisotopic (exact) mass is 772 g/mol. The number of amides is 4. The van der Waals surface area contributed by atoms with E-state index >= 15 is 0 Å². The quantitative estimate of drug-likeness (QED) is 0.266. The average molecular weight is 773 g/mol. The van der Waals surface area contributed by atoms with Crippen LogP contribution in [0.1, 0.15) is 68.7 Å². The molecule has 4 aliphatic rings. The summed E-state index contributed by atoms with van der Waals surface area (Å²) in [6, 6.07) is 4.13. The molecule has 3 N–H and O–H groups in total. The summed E-state index contributed by atoms with van der Waals surface area (Å²) >= 11 is 0. The van der Waals surface area contributed by atoms with Crippen molar-refractivity contribution in [1.82, 2.24) is 24.8 Å². The van der Waals surface area contributed by atoms with E-state index < -0.39 is 86.4 Å². The summed E-state index contributed by atoms with van der Waals surface area (Å²) in [5, 5.41) is 4.83. The van der Waals surface area contributed by atoms with Crippen molar-refractivity contribution < 1.29 is 45.5 Å². The van der Waals surface area contributed by atoms with Crippen LogP contribution in [0.25, 0.3) is 6.08 Å². The standard InChI is InChI=1S/C37H43F3N6O7S/c1-5-8-22-9-7-10-23-18-45(20-29(22)23)35(50)53-27-14-30(32(47)43-36(15-24(36)6-2)34(49)44-54(51,52)28-11-12-28)46(19-27)33(48)31(21(3)4)42-26-13-25(16-41-17-26)37(38,39)40/h5-10,13,16-17,21,24,27-28,30-31,42H,2,11-12,14-15,18-20H2,1,3-4H3,(H,43,47)(H,44,49). The molecular formula is C37H43F3N6O7S. The molecule has 0 bridgehead atoms. The number of benzene rings is 1. The Morgan fingerprint density at radius 1 is 1.13 bits per heavy atom. The molecule has 5 atom stereocenters. The number of anilines is 1. The highest BCUT2D eigenvalue weighted by Gasteiger charge is 2.62. The third-order valence-corrected chi connectivity index (χ3v) is 12.1. The van der Waals surface area contributed by atoms with Crippen molar-refractivity contribution in [2.75, 3.05) is 11.9 Å². The van der Waals surface area contributed by atoms with Crippen LogP contribution in [0.3, 0.4) is 0 Å². The first-order valence-corrected chi connectivity index (χ1v) is 19.3. The van der Waals surface area contributed by atoms with Gasteiger partial charge in [-0.3, -0.25) is 29.0 Å². The van der Waals surface area contributed by atoms with Gasteiger partial charge >= 0.3 is 12.3 Å². The molecular weight excluding hydrogens is 730 g/mol. The van der Waals surface area contributed by atoms with E-state index in [9.17, 15) is 40.8 Å². The van der Waals surface area contributed by atoms with Crippen molar-refractivity contribution >= 4 is 45.6 Å². The Bertz CT molecular complexity index is 1990. The van der Waals surface area contributed by atoms with Crippen LogP contribution in [0.2, 0.25) is 0 Å². The van der Waals surface area contributed by atoms with Crippen molar-refractivity contribution in [1.29, 1.82) is 0 Å². The zero-order valence-electron chi connectivity index (χ0n) is 30.1. The van der Waals surface area contributed by atoms with Crippen molar-refractivity contribution in [2.24, 2.45) is 11.8 Å². The van der Waals surface area contributed by atoms with Gasteiger partial charge < -0.3 is 20.3 Å². The van der Waals surface area contributed by atoms with Gasteiger partial charge in [0.05, 0.1) is 29.6 Å². The number of hydrogen-bond donors (Lipinski definition) is 3. The lowest BCUT2D eigenvalue weighted by Gasteiger charge is -2.31. The summed E-state index contributed by atoms with van der Waals surface area (Å²) in [5.41, 5.74) is 0.135. The molecule has 1 aromatic carbocycles. The summed E-state index contributed by atoms with van der Waals surface area (Å²) in [7, 11) is -3.96. The third-order valence-electron chi connectivity index (χ3n) is 10.3. The fourth-order valence-electron chi connectivity index (χ4n) is 7.07. The molecule has 54 heavy (non-hydrogen) atoms. The predicted molar refractivity (Wildman–Crippen MR) is 192 cm³/mol. The van der Waals surface area contributed by atoms with Crippen LogP contribution in [-0.2, 0) is 48.4 Å². The van der Waals surface area contributed by atoms with Crippen LogP contribution < -0.4 is 15.4 Å². The molecule has 2 aromatic rings. The molecule has 2 aliphatic carbocycles. The minimum atomic E-state index is -4.69. The number of aromatic nitrogens is 1. The number of pyridine rings is 1. The molecule has 6 rings (SSSR count). The SMILES string of the molecule is C=CC1CC1(NC(=O)C1CC(OC(=O)N2Cc3cccc(C=CC)c3C2)CN1C(=O)C(Nc1cncc(C(F)(F)F)c1)C(C)C)C(=O)NS(=O)(=O)C1CC1. The Morgan fingerprint density at radius 2 is 1.87 bits per heavy atom. The van der Waals surface area contributed by atoms with Crippen LogP contribution in [0.4, 0.5) is 23.7 Å². The van der Waals surface area contributed by atoms with E-state index in [4.69, 9.17) is 4.74 Å². The van der Waals surface area contributed by atoms with E-state index in [0.717, 1.165) is 29.0 Å². The highest BCUT2D eigenvalue weighted by Crippen LogP contribution is 2.45. The zero-order valence-corrected chi connectivity index (χ0v) is 30.9. The summed E-state index contributed by atoms with van der Waals surface area (Å²) in [6.45, 7) is 9.28. The molecule has 2 saturated carbocycles. The molecule has 17 heteroatoms. The fourth-order valence-corrected chi connectivity index (χ4v) is 8.43. The van der Waals surface area contributed by atoms with E-state index in [2.05, 4.69) is 26.9 Å². The number of ether oxygens (including phenoxy) is 1. The molecule has 290 valence electrons. The van der Waals surface area contributed by atoms with Crippen LogP contribution in [-0.4, -0.2) is 82.5 Å². The van der Waals surface area contributed by atoms with Gasteiger partial charge in [0.1, 0.15) is 23.7 Å². The highest BCUT2D eigenvalue weighted by atomic mass is 32.2. The predicted octanol–water partition coefficient (Wildman–Crippen LogP) is 4.36. The number of sulfonamides is 1. The summed E-state index contributed by atoms with van der Waals surface area (Å²) in [6.07, 6.45) is 1.47. The average Bonchev–Trinajstić information content (AvgIpc) is 4.01. The Balaban J connectivity index is 1.24. The topological polar surface area (TPSA) is 167 Å². The number of halogens is 3. The number of allylic oxidation sites excluding steroid dienone is 1. The fraction of sp³-hybridized carbons (Fsp3) is 0.486. The minimum absolute atomic E-state index is 0.0663. The van der Waals surface area contributed by atoms with Crippen molar-refractivity contribution in [3.63, 3.8) is 0 Å². The maximum absolute atomic E-state index is 14.3. The van der Waals surface area contributed by atoms with Crippen LogP contribution in [0, 0.1) is 11.8 Å². The van der Waals surface area contributed by atoms with Crippen LogP contribution >= 0.6 is 0 Å². The molecule has 0 radical (unpaired) electrons. The number of hydrogen-bond acceptors (Lipinski definition) is 9. The van der Waals surface area contributed by atoms with Gasteiger partial charge in [0.25, 0.3) is 5.91 Å². The van der Waals surface area contributed by atoms with Crippen LogP contribution in [0.5, 0.6) is 0 Å². The van der Waals surface area contributed by atoms with Crippen LogP contribution in [0.15, 0.2) is 55.4 Å². The number of nitrogens with one attached hydrogen (secondary N) is 3. The first-order chi connectivity index (χ1) is 25.5. The van der Waals surface area contributed by atoms with Gasteiger partial charge in [0, 0.05) is 31.3 Å². The number of alkyl halides is 3. The number of nitrogens with zero attached hydrogens (tertiary/aromatic N) is 3. The lowest BCUT2D eigenvalue weighted by molar-refractivity contribution is -0.140. The van der Waals surface area contributed by atoms with E-state index in [1.165, 1.54) is 15.9 Å². The van der Waals surface area contributed by atoms with Gasteiger partial charge in [0.2, 0.25) is 21.8 Å². The summed E-state index contributed by atoms with van der Waals surface area (Å²) < 4.78 is 73.7. The number of likely N-dealkylation sites (tertiary alicyclic amines) is 1. The molecule has 13 nitrogen and oxygen atoms in total. The van der Waals surface area contributed by atoms with Crippen molar-refractivity contribution in [2.45, 2.75) is 94.7 Å². The van der Waals surface area contributed by atoms with Gasteiger partial charge in [-0.25, -0.2) is 13.2 Å². The lowest BCUT2D eigenvalue weighted by atomic mass is 10.0. The van der Waals surface area contributed by atoms with E-state index in [1.54, 1.807) is 13.8 Å². The second-order valence-electron chi connectivity index (χ2n) is 14.6. The van der Waals surface area contributed by atoms with Gasteiger partial charge in [-0.15, -0.1) is 6.58 Å². The van der Waals surface area contributed by atoms with Gasteiger partial charge in [-0.2, -0.15) is 13.2 Å². The number of carbonyl (C=O) groups is 4. The molecule has 1 saturated heterocycles. The maximum atomic E-state index is 14.3. The van der Waals surface area contributed by atoms with Crippen molar-refractivity contribution in [3.8, 4) is 0 Å². The number of fused-ring (bicyclic) bond motifs is 1. The smallest absolute Gasteiger partial charge is 0.417 e. The first-order valence-electron chi connectivity index (χ1n) is 17.8. The van der Waals surface area contributed by atoms with Gasteiger partial charge in [0.15, 0.2) is 0 Å². The summed E-state index contributed by atoms with van der Waals surface area (Å²) in [5.74, 6) is -3.49. The molecule has 5 unspecified atom stereocenters. The van der Waals surface area contributed by atoms with Crippen molar-refractivity contribution in [3.05, 3.63) is 77.6 Å². The molecule has 1 aromatic heterocycles. The second kappa shape index (κ2) is 14.7. The summed E-state index contributed by atoms with van der Waals surface area (Å²) in [4.78, 5) is 61.8. The zero-order chi connectivity index (χ0) is 39.2. The van der Waals surface area contributed by atoms with E-state index in [0.29, 0.717) is 19.0 Å². The largest absolute Gasteiger partial charge is 0.444 e. The van der Waals surface area contributed by atoms with Gasteiger partial charge in [-0.05, 0) is 54.9 Å². The van der Waals surface area contributed by atoms with E-state index in [-0.39, 0.29) is 38.2 Å². The Labute approximate surface area is 311 Å². The normalized spacial score (nSPS) is 24.2. The van der Waals surface area contributed by atoms with Gasteiger partial charge in [-0.1, -0.05) is 50.3 Å². The minimum Gasteiger partial charge on any atom is -0.444 e. The molecule has 2 aliphatic heterocycles. The molecule has 0 spiro atoms. The third kappa shape index (κ3) is 7.95. The molecule has 3 fully saturated rings. The molecule has 3 heterocycles. The maximum Gasteiger partial charge on any atom is 0.417 e. The lowest BCUT2D eigenvalue weighted by Crippen LogP contribution is -2.58. The Hall–Kier alpha value is -4.93.